The summed E-state index contributed by atoms with van der Waals surface area (Å²) in [6.07, 6.45) is 0.942. The molecule has 0 N–H and O–H groups in total. The fourth-order valence-corrected chi connectivity index (χ4v) is 3.32. The third kappa shape index (κ3) is 4.26. The van der Waals surface area contributed by atoms with Crippen LogP contribution in [-0.2, 0) is 17.0 Å². The number of hydrogen-bond donors (Lipinski definition) is 0. The highest BCUT2D eigenvalue weighted by Gasteiger charge is 2.36. The van der Waals surface area contributed by atoms with Crippen molar-refractivity contribution >= 4 is 5.97 Å². The molecule has 0 aromatic heterocycles. The van der Waals surface area contributed by atoms with E-state index in [1.165, 1.54) is 5.56 Å². The van der Waals surface area contributed by atoms with Crippen LogP contribution in [0, 0.1) is 0 Å². The molecule has 0 atom stereocenters. The summed E-state index contributed by atoms with van der Waals surface area (Å²) < 4.78 is 20.3. The Morgan fingerprint density at radius 3 is 2.32 bits per heavy atom. The van der Waals surface area contributed by atoms with Gasteiger partial charge in [0.05, 0.1) is 12.2 Å². The van der Waals surface area contributed by atoms with Crippen molar-refractivity contribution in [3.8, 4) is 0 Å². The maximum Gasteiger partial charge on any atom is 0.338 e. The standard InChI is InChI=1S/C21H24FNO2/c1-2-25-20(24)18-8-10-19(11-9-18)21(22)12-14-23(15-13-21)16-17-6-4-3-5-7-17/h3-11H,2,12-16H2,1H3. The topological polar surface area (TPSA) is 29.5 Å². The number of ether oxygens (including phenoxy) is 1. The molecule has 1 saturated heterocycles. The van der Waals surface area contributed by atoms with Crippen LogP contribution in [0.1, 0.15) is 41.3 Å². The molecule has 1 heterocycles. The summed E-state index contributed by atoms with van der Waals surface area (Å²) >= 11 is 0. The molecule has 0 unspecified atom stereocenters. The number of piperidine rings is 1. The second-order valence-corrected chi connectivity index (χ2v) is 6.52. The molecule has 4 heteroatoms. The molecule has 1 aliphatic heterocycles. The smallest absolute Gasteiger partial charge is 0.338 e. The summed E-state index contributed by atoms with van der Waals surface area (Å²) in [5.41, 5.74) is 1.06. The van der Waals surface area contributed by atoms with Crippen LogP contribution in [0.2, 0.25) is 0 Å². The van der Waals surface area contributed by atoms with Gasteiger partial charge in [-0.15, -0.1) is 0 Å². The van der Waals surface area contributed by atoms with Gasteiger partial charge in [0.15, 0.2) is 0 Å². The fourth-order valence-electron chi connectivity index (χ4n) is 3.32. The van der Waals surface area contributed by atoms with Crippen LogP contribution in [0.15, 0.2) is 54.6 Å². The van der Waals surface area contributed by atoms with Gasteiger partial charge in [-0.05, 0) is 43.0 Å². The Bertz CT molecular complexity index is 692. The van der Waals surface area contributed by atoms with Crippen LogP contribution in [0.5, 0.6) is 0 Å². The highest BCUT2D eigenvalue weighted by atomic mass is 19.1. The maximum atomic E-state index is 15.4. The average Bonchev–Trinajstić information content (AvgIpc) is 2.65. The molecule has 0 bridgehead atoms. The van der Waals surface area contributed by atoms with Crippen LogP contribution in [-0.4, -0.2) is 30.6 Å². The lowest BCUT2D eigenvalue weighted by Gasteiger charge is -2.36. The van der Waals surface area contributed by atoms with E-state index in [1.54, 1.807) is 31.2 Å². The van der Waals surface area contributed by atoms with E-state index in [0.717, 1.165) is 19.6 Å². The Morgan fingerprint density at radius 2 is 1.72 bits per heavy atom. The lowest BCUT2D eigenvalue weighted by molar-refractivity contribution is 0.0510. The van der Waals surface area contributed by atoms with Crippen molar-refractivity contribution in [3.63, 3.8) is 0 Å². The summed E-state index contributed by atoms with van der Waals surface area (Å²) in [4.78, 5) is 14.0. The number of esters is 1. The number of benzene rings is 2. The minimum atomic E-state index is -1.32. The lowest BCUT2D eigenvalue weighted by atomic mass is 9.85. The van der Waals surface area contributed by atoms with Crippen molar-refractivity contribution in [2.75, 3.05) is 19.7 Å². The number of halogens is 1. The number of likely N-dealkylation sites (tertiary alicyclic amines) is 1. The zero-order valence-electron chi connectivity index (χ0n) is 14.6. The first-order valence-corrected chi connectivity index (χ1v) is 8.83. The first-order valence-electron chi connectivity index (χ1n) is 8.83. The Labute approximate surface area is 148 Å². The molecule has 0 spiro atoms. The molecule has 132 valence electrons. The normalized spacial score (nSPS) is 17.2. The molecule has 0 radical (unpaired) electrons. The predicted molar refractivity (Wildman–Crippen MR) is 96.1 cm³/mol. The number of rotatable bonds is 5. The van der Waals surface area contributed by atoms with E-state index in [9.17, 15) is 4.79 Å². The third-order valence-electron chi connectivity index (χ3n) is 4.81. The Balaban J connectivity index is 1.61. The molecule has 3 nitrogen and oxygen atoms in total. The molecule has 1 fully saturated rings. The van der Waals surface area contributed by atoms with Gasteiger partial charge in [-0.3, -0.25) is 4.90 Å². The van der Waals surface area contributed by atoms with Crippen LogP contribution >= 0.6 is 0 Å². The highest BCUT2D eigenvalue weighted by Crippen LogP contribution is 2.37. The number of hydrogen-bond acceptors (Lipinski definition) is 3. The van der Waals surface area contributed by atoms with Crippen LogP contribution in [0.25, 0.3) is 0 Å². The maximum absolute atomic E-state index is 15.4. The lowest BCUT2D eigenvalue weighted by Crippen LogP contribution is -2.39. The van der Waals surface area contributed by atoms with Gasteiger partial charge in [-0.25, -0.2) is 9.18 Å². The van der Waals surface area contributed by atoms with Crippen molar-refractivity contribution in [2.24, 2.45) is 0 Å². The van der Waals surface area contributed by atoms with Gasteiger partial charge in [0.25, 0.3) is 0 Å². The number of nitrogens with zero attached hydrogens (tertiary/aromatic N) is 1. The van der Waals surface area contributed by atoms with Gasteiger partial charge in [0.2, 0.25) is 0 Å². The minimum Gasteiger partial charge on any atom is -0.462 e. The largest absolute Gasteiger partial charge is 0.462 e. The van der Waals surface area contributed by atoms with Crippen LogP contribution < -0.4 is 0 Å². The predicted octanol–water partition coefficient (Wildman–Crippen LogP) is 4.32. The van der Waals surface area contributed by atoms with E-state index in [4.69, 9.17) is 4.74 Å². The number of carbonyl (C=O) groups excluding carboxylic acids is 1. The summed E-state index contributed by atoms with van der Waals surface area (Å²) in [6.45, 7) is 4.42. The van der Waals surface area contributed by atoms with Crippen LogP contribution in [0.4, 0.5) is 4.39 Å². The first-order chi connectivity index (χ1) is 12.1. The second-order valence-electron chi connectivity index (χ2n) is 6.52. The SMILES string of the molecule is CCOC(=O)c1ccc(C2(F)CCN(Cc3ccccc3)CC2)cc1. The van der Waals surface area contributed by atoms with E-state index in [0.29, 0.717) is 30.6 Å². The van der Waals surface area contributed by atoms with E-state index < -0.39 is 5.67 Å². The van der Waals surface area contributed by atoms with Crippen molar-refractivity contribution in [1.29, 1.82) is 0 Å². The molecule has 0 saturated carbocycles. The van der Waals surface area contributed by atoms with E-state index in [-0.39, 0.29) is 5.97 Å². The van der Waals surface area contributed by atoms with Crippen molar-refractivity contribution in [2.45, 2.75) is 32.0 Å². The van der Waals surface area contributed by atoms with E-state index in [1.807, 2.05) is 18.2 Å². The van der Waals surface area contributed by atoms with Gasteiger partial charge in [0.1, 0.15) is 5.67 Å². The molecule has 1 aliphatic rings. The molecule has 0 amide bonds. The van der Waals surface area contributed by atoms with Gasteiger partial charge in [-0.1, -0.05) is 42.5 Å². The zero-order chi connectivity index (χ0) is 17.7. The van der Waals surface area contributed by atoms with Gasteiger partial charge in [-0.2, -0.15) is 0 Å². The van der Waals surface area contributed by atoms with Crippen LogP contribution in [0.3, 0.4) is 0 Å². The summed E-state index contributed by atoms with van der Waals surface area (Å²) in [5, 5.41) is 0. The highest BCUT2D eigenvalue weighted by molar-refractivity contribution is 5.89. The molecule has 2 aromatic rings. The first kappa shape index (κ1) is 17.6. The fraction of sp³-hybridized carbons (Fsp3) is 0.381. The molecule has 2 aromatic carbocycles. The van der Waals surface area contributed by atoms with Crippen molar-refractivity contribution < 1.29 is 13.9 Å². The Kier molecular flexibility index (Phi) is 5.49. The second kappa shape index (κ2) is 7.79. The number of carbonyl (C=O) groups is 1. The Hall–Kier alpha value is -2.20. The summed E-state index contributed by atoms with van der Waals surface area (Å²) in [7, 11) is 0. The minimum absolute atomic E-state index is 0.338. The summed E-state index contributed by atoms with van der Waals surface area (Å²) in [6, 6.07) is 17.0. The van der Waals surface area contributed by atoms with Gasteiger partial charge in [0, 0.05) is 19.6 Å². The Morgan fingerprint density at radius 1 is 1.08 bits per heavy atom. The molecule has 25 heavy (non-hydrogen) atoms. The monoisotopic (exact) mass is 341 g/mol. The number of alkyl halides is 1. The van der Waals surface area contributed by atoms with E-state index in [2.05, 4.69) is 17.0 Å². The summed E-state index contributed by atoms with van der Waals surface area (Å²) in [5.74, 6) is -0.361. The quantitative estimate of drug-likeness (QED) is 0.759. The third-order valence-corrected chi connectivity index (χ3v) is 4.81. The molecule has 0 aliphatic carbocycles. The van der Waals surface area contributed by atoms with E-state index >= 15 is 4.39 Å². The molecular formula is C21H24FNO2. The van der Waals surface area contributed by atoms with Crippen molar-refractivity contribution in [3.05, 3.63) is 71.3 Å². The van der Waals surface area contributed by atoms with Crippen molar-refractivity contribution in [1.82, 2.24) is 4.90 Å². The molecular weight excluding hydrogens is 317 g/mol. The van der Waals surface area contributed by atoms with Gasteiger partial charge >= 0.3 is 5.97 Å². The molecule has 3 rings (SSSR count). The van der Waals surface area contributed by atoms with Gasteiger partial charge < -0.3 is 4.74 Å². The zero-order valence-corrected chi connectivity index (χ0v) is 14.6. The average molecular weight is 341 g/mol.